The quantitative estimate of drug-likeness (QED) is 0.870. The SMILES string of the molecule is CCc1cc2ccccc2c(C(=O)O)c1C(=O)O. The van der Waals surface area contributed by atoms with Gasteiger partial charge < -0.3 is 10.2 Å². The van der Waals surface area contributed by atoms with Gasteiger partial charge in [-0.2, -0.15) is 0 Å². The van der Waals surface area contributed by atoms with Gasteiger partial charge in [0.15, 0.2) is 0 Å². The predicted molar refractivity (Wildman–Crippen MR) is 67.2 cm³/mol. The van der Waals surface area contributed by atoms with Gasteiger partial charge in [0.25, 0.3) is 0 Å². The van der Waals surface area contributed by atoms with Crippen molar-refractivity contribution < 1.29 is 19.8 Å². The van der Waals surface area contributed by atoms with Crippen LogP contribution in [0.15, 0.2) is 30.3 Å². The molecule has 0 aliphatic heterocycles. The summed E-state index contributed by atoms with van der Waals surface area (Å²) >= 11 is 0. The van der Waals surface area contributed by atoms with Gasteiger partial charge in [-0.1, -0.05) is 37.3 Å². The van der Waals surface area contributed by atoms with Crippen molar-refractivity contribution in [3.63, 3.8) is 0 Å². The molecular weight excluding hydrogens is 232 g/mol. The van der Waals surface area contributed by atoms with Crippen LogP contribution in [-0.2, 0) is 6.42 Å². The highest BCUT2D eigenvalue weighted by Crippen LogP contribution is 2.26. The summed E-state index contributed by atoms with van der Waals surface area (Å²) < 4.78 is 0. The minimum absolute atomic E-state index is 0.108. The fourth-order valence-corrected chi connectivity index (χ4v) is 2.15. The van der Waals surface area contributed by atoms with E-state index in [0.29, 0.717) is 17.4 Å². The van der Waals surface area contributed by atoms with E-state index in [1.165, 1.54) is 0 Å². The first-order chi connectivity index (χ1) is 8.56. The maximum atomic E-state index is 11.3. The van der Waals surface area contributed by atoms with Gasteiger partial charge in [-0.15, -0.1) is 0 Å². The summed E-state index contributed by atoms with van der Waals surface area (Å²) in [5, 5.41) is 19.7. The van der Waals surface area contributed by atoms with Crippen LogP contribution in [0, 0.1) is 0 Å². The fraction of sp³-hybridized carbons (Fsp3) is 0.143. The average Bonchev–Trinajstić information content (AvgIpc) is 2.35. The molecular formula is C14H12O4. The van der Waals surface area contributed by atoms with Crippen molar-refractivity contribution in [1.29, 1.82) is 0 Å². The van der Waals surface area contributed by atoms with E-state index >= 15 is 0 Å². The third-order valence-electron chi connectivity index (χ3n) is 2.94. The fourth-order valence-electron chi connectivity index (χ4n) is 2.15. The zero-order valence-corrected chi connectivity index (χ0v) is 9.80. The lowest BCUT2D eigenvalue weighted by molar-refractivity contribution is 0.0652. The number of aryl methyl sites for hydroxylation is 1. The van der Waals surface area contributed by atoms with E-state index in [0.717, 1.165) is 5.39 Å². The summed E-state index contributed by atoms with van der Waals surface area (Å²) in [6.45, 7) is 1.81. The molecule has 0 aliphatic rings. The van der Waals surface area contributed by atoms with Gasteiger partial charge in [0, 0.05) is 0 Å². The van der Waals surface area contributed by atoms with Crippen LogP contribution < -0.4 is 0 Å². The molecule has 0 heterocycles. The van der Waals surface area contributed by atoms with Gasteiger partial charge in [0.05, 0.1) is 11.1 Å². The highest BCUT2D eigenvalue weighted by Gasteiger charge is 2.22. The molecule has 0 fully saturated rings. The Morgan fingerprint density at radius 1 is 1.06 bits per heavy atom. The number of carboxylic acids is 2. The predicted octanol–water partition coefficient (Wildman–Crippen LogP) is 2.80. The maximum Gasteiger partial charge on any atom is 0.337 e. The lowest BCUT2D eigenvalue weighted by Crippen LogP contribution is -2.12. The minimum atomic E-state index is -1.21. The highest BCUT2D eigenvalue weighted by atomic mass is 16.4. The van der Waals surface area contributed by atoms with Crippen LogP contribution in [0.4, 0.5) is 0 Å². The third-order valence-corrected chi connectivity index (χ3v) is 2.94. The molecule has 4 nitrogen and oxygen atoms in total. The van der Waals surface area contributed by atoms with Crippen LogP contribution in [0.5, 0.6) is 0 Å². The van der Waals surface area contributed by atoms with E-state index in [1.807, 2.05) is 6.92 Å². The molecule has 0 saturated carbocycles. The Kier molecular flexibility index (Phi) is 3.02. The number of benzene rings is 2. The number of rotatable bonds is 3. The Hall–Kier alpha value is -2.36. The Morgan fingerprint density at radius 2 is 1.67 bits per heavy atom. The van der Waals surface area contributed by atoms with Crippen molar-refractivity contribution >= 4 is 22.7 Å². The van der Waals surface area contributed by atoms with Gasteiger partial charge in [0.2, 0.25) is 0 Å². The van der Waals surface area contributed by atoms with Gasteiger partial charge in [-0.25, -0.2) is 9.59 Å². The molecule has 2 aromatic rings. The lowest BCUT2D eigenvalue weighted by atomic mass is 9.93. The Morgan fingerprint density at radius 3 is 2.22 bits per heavy atom. The summed E-state index contributed by atoms with van der Waals surface area (Å²) in [6.07, 6.45) is 0.479. The molecule has 0 radical (unpaired) electrons. The van der Waals surface area contributed by atoms with E-state index in [-0.39, 0.29) is 11.1 Å². The van der Waals surface area contributed by atoms with Gasteiger partial charge in [-0.05, 0) is 22.8 Å². The first-order valence-corrected chi connectivity index (χ1v) is 5.57. The molecule has 2 N–H and O–H groups in total. The maximum absolute atomic E-state index is 11.3. The molecule has 0 aliphatic carbocycles. The van der Waals surface area contributed by atoms with Crippen molar-refractivity contribution in [3.05, 3.63) is 47.0 Å². The number of aromatic carboxylic acids is 2. The average molecular weight is 244 g/mol. The van der Waals surface area contributed by atoms with Crippen LogP contribution in [-0.4, -0.2) is 22.2 Å². The van der Waals surface area contributed by atoms with Gasteiger partial charge >= 0.3 is 11.9 Å². The first-order valence-electron chi connectivity index (χ1n) is 5.57. The van der Waals surface area contributed by atoms with E-state index < -0.39 is 11.9 Å². The largest absolute Gasteiger partial charge is 0.478 e. The summed E-state index contributed by atoms with van der Waals surface area (Å²) in [5.74, 6) is -2.41. The zero-order valence-electron chi connectivity index (χ0n) is 9.80. The molecule has 92 valence electrons. The molecule has 0 bridgehead atoms. The molecule has 0 amide bonds. The summed E-state index contributed by atoms with van der Waals surface area (Å²) in [6, 6.07) is 8.66. The van der Waals surface area contributed by atoms with Crippen LogP contribution in [0.1, 0.15) is 33.2 Å². The normalized spacial score (nSPS) is 10.5. The standard InChI is InChI=1S/C14H12O4/c1-2-8-7-9-5-3-4-6-10(9)12(14(17)18)11(8)13(15)16/h3-7H,2H2,1H3,(H,15,16)(H,17,18). The van der Waals surface area contributed by atoms with Crippen LogP contribution >= 0.6 is 0 Å². The zero-order chi connectivity index (χ0) is 13.3. The van der Waals surface area contributed by atoms with Crippen molar-refractivity contribution in [2.45, 2.75) is 13.3 Å². The molecule has 0 saturated heterocycles. The second kappa shape index (κ2) is 4.49. The van der Waals surface area contributed by atoms with E-state index in [1.54, 1.807) is 30.3 Å². The Balaban J connectivity index is 2.98. The van der Waals surface area contributed by atoms with Crippen molar-refractivity contribution in [2.75, 3.05) is 0 Å². The molecule has 0 aromatic heterocycles. The van der Waals surface area contributed by atoms with Crippen LogP contribution in [0.3, 0.4) is 0 Å². The number of hydrogen-bond acceptors (Lipinski definition) is 2. The molecule has 0 unspecified atom stereocenters. The molecule has 2 rings (SSSR count). The molecule has 4 heteroatoms. The van der Waals surface area contributed by atoms with E-state index in [4.69, 9.17) is 0 Å². The van der Waals surface area contributed by atoms with Crippen LogP contribution in [0.25, 0.3) is 10.8 Å². The first kappa shape index (κ1) is 12.1. The third kappa shape index (κ3) is 1.82. The van der Waals surface area contributed by atoms with Crippen molar-refractivity contribution in [2.24, 2.45) is 0 Å². The summed E-state index contributed by atoms with van der Waals surface area (Å²) in [5.41, 5.74) is 0.305. The summed E-state index contributed by atoms with van der Waals surface area (Å²) in [4.78, 5) is 22.6. The Bertz CT molecular complexity index is 644. The molecule has 18 heavy (non-hydrogen) atoms. The number of carbonyl (C=O) groups is 2. The number of carboxylic acid groups (broad SMARTS) is 2. The second-order valence-electron chi connectivity index (χ2n) is 3.97. The monoisotopic (exact) mass is 244 g/mol. The molecule has 0 atom stereocenters. The number of hydrogen-bond donors (Lipinski definition) is 2. The topological polar surface area (TPSA) is 74.6 Å². The van der Waals surface area contributed by atoms with Crippen LogP contribution in [0.2, 0.25) is 0 Å². The lowest BCUT2D eigenvalue weighted by Gasteiger charge is -2.11. The highest BCUT2D eigenvalue weighted by molar-refractivity contribution is 6.12. The minimum Gasteiger partial charge on any atom is -0.478 e. The van der Waals surface area contributed by atoms with Crippen molar-refractivity contribution in [1.82, 2.24) is 0 Å². The van der Waals surface area contributed by atoms with Gasteiger partial charge in [-0.3, -0.25) is 0 Å². The van der Waals surface area contributed by atoms with Gasteiger partial charge in [0.1, 0.15) is 0 Å². The molecule has 0 spiro atoms. The Labute approximate surface area is 103 Å². The smallest absolute Gasteiger partial charge is 0.337 e. The van der Waals surface area contributed by atoms with Crippen molar-refractivity contribution in [3.8, 4) is 0 Å². The summed E-state index contributed by atoms with van der Waals surface area (Å²) in [7, 11) is 0. The second-order valence-corrected chi connectivity index (χ2v) is 3.97. The van der Waals surface area contributed by atoms with E-state index in [9.17, 15) is 19.8 Å². The number of fused-ring (bicyclic) bond motifs is 1. The molecule has 2 aromatic carbocycles. The van der Waals surface area contributed by atoms with E-state index in [2.05, 4.69) is 0 Å².